The first kappa shape index (κ1) is 11.9. The van der Waals surface area contributed by atoms with Crippen LogP contribution in [-0.2, 0) is 6.54 Å². The van der Waals surface area contributed by atoms with Crippen LogP contribution >= 0.6 is 11.3 Å². The van der Waals surface area contributed by atoms with Gasteiger partial charge in [0.05, 0.1) is 0 Å². The van der Waals surface area contributed by atoms with Gasteiger partial charge in [0.1, 0.15) is 0 Å². The van der Waals surface area contributed by atoms with Crippen molar-refractivity contribution in [1.82, 2.24) is 10.2 Å². The number of rotatable bonds is 2. The van der Waals surface area contributed by atoms with Crippen LogP contribution in [0.15, 0.2) is 29.6 Å². The summed E-state index contributed by atoms with van der Waals surface area (Å²) < 4.78 is 1.43. The molecule has 1 aromatic carbocycles. The number of nitrogens with one attached hydrogen (secondary N) is 1. The van der Waals surface area contributed by atoms with Crippen molar-refractivity contribution in [2.75, 3.05) is 19.6 Å². The summed E-state index contributed by atoms with van der Waals surface area (Å²) >= 11 is 1.89. The maximum Gasteiger partial charge on any atom is 0.0346 e. The third kappa shape index (κ3) is 2.10. The molecule has 0 saturated carbocycles. The van der Waals surface area contributed by atoms with Gasteiger partial charge < -0.3 is 5.32 Å². The highest BCUT2D eigenvalue weighted by molar-refractivity contribution is 7.17. The van der Waals surface area contributed by atoms with Crippen LogP contribution in [0, 0.1) is 5.92 Å². The van der Waals surface area contributed by atoms with Crippen molar-refractivity contribution < 1.29 is 0 Å². The number of hydrogen-bond donors (Lipinski definition) is 1. The Morgan fingerprint density at radius 1 is 1.26 bits per heavy atom. The van der Waals surface area contributed by atoms with E-state index in [4.69, 9.17) is 0 Å². The predicted molar refractivity (Wildman–Crippen MR) is 81.6 cm³/mol. The Kier molecular flexibility index (Phi) is 3.06. The van der Waals surface area contributed by atoms with E-state index in [9.17, 15) is 0 Å². The van der Waals surface area contributed by atoms with E-state index in [0.29, 0.717) is 0 Å². The van der Waals surface area contributed by atoms with Gasteiger partial charge in [0.2, 0.25) is 0 Å². The van der Waals surface area contributed by atoms with Gasteiger partial charge in [-0.1, -0.05) is 18.2 Å². The molecule has 4 rings (SSSR count). The molecule has 3 heteroatoms. The maximum atomic E-state index is 3.57. The molecule has 0 spiro atoms. The molecular weight excluding hydrogens is 252 g/mol. The van der Waals surface area contributed by atoms with Crippen molar-refractivity contribution in [1.29, 1.82) is 0 Å². The molecule has 3 heterocycles. The lowest BCUT2D eigenvalue weighted by Crippen LogP contribution is -2.44. The molecule has 2 aliphatic heterocycles. The number of fused-ring (bicyclic) bond motifs is 2. The summed E-state index contributed by atoms with van der Waals surface area (Å²) in [6.45, 7) is 4.82. The van der Waals surface area contributed by atoms with E-state index in [1.807, 2.05) is 11.3 Å². The lowest BCUT2D eigenvalue weighted by molar-refractivity contribution is 0.118. The number of hydrogen-bond acceptors (Lipinski definition) is 3. The first-order valence-corrected chi connectivity index (χ1v) is 8.19. The van der Waals surface area contributed by atoms with Crippen LogP contribution in [0.25, 0.3) is 10.1 Å². The van der Waals surface area contributed by atoms with Crippen molar-refractivity contribution in [2.45, 2.75) is 25.4 Å². The van der Waals surface area contributed by atoms with Gasteiger partial charge in [-0.25, -0.2) is 0 Å². The first-order chi connectivity index (χ1) is 9.42. The van der Waals surface area contributed by atoms with Crippen LogP contribution in [0.5, 0.6) is 0 Å². The average Bonchev–Trinajstić information content (AvgIpc) is 3.06. The van der Waals surface area contributed by atoms with Gasteiger partial charge in [0.15, 0.2) is 0 Å². The summed E-state index contributed by atoms with van der Waals surface area (Å²) in [5.74, 6) is 0.888. The summed E-state index contributed by atoms with van der Waals surface area (Å²) in [6, 6.07) is 9.58. The summed E-state index contributed by atoms with van der Waals surface area (Å²) in [4.78, 5) is 2.71. The van der Waals surface area contributed by atoms with Gasteiger partial charge in [-0.05, 0) is 54.2 Å². The average molecular weight is 272 g/mol. The quantitative estimate of drug-likeness (QED) is 0.904. The van der Waals surface area contributed by atoms with Gasteiger partial charge in [0.25, 0.3) is 0 Å². The van der Waals surface area contributed by atoms with Crippen molar-refractivity contribution in [3.05, 3.63) is 35.2 Å². The minimum atomic E-state index is 0.771. The number of likely N-dealkylation sites (tertiary alicyclic amines) is 1. The van der Waals surface area contributed by atoms with Gasteiger partial charge in [-0.15, -0.1) is 11.3 Å². The third-order valence-electron chi connectivity index (χ3n) is 4.73. The second-order valence-corrected chi connectivity index (χ2v) is 6.77. The van der Waals surface area contributed by atoms with Crippen LogP contribution in [0.3, 0.4) is 0 Å². The van der Waals surface area contributed by atoms with Crippen molar-refractivity contribution >= 4 is 21.4 Å². The number of benzene rings is 1. The highest BCUT2D eigenvalue weighted by atomic mass is 32.1. The van der Waals surface area contributed by atoms with E-state index < -0.39 is 0 Å². The molecule has 1 N–H and O–H groups in total. The van der Waals surface area contributed by atoms with Crippen LogP contribution in [-0.4, -0.2) is 30.6 Å². The smallest absolute Gasteiger partial charge is 0.0346 e. The van der Waals surface area contributed by atoms with E-state index in [-0.39, 0.29) is 0 Å². The summed E-state index contributed by atoms with van der Waals surface area (Å²) in [5, 5.41) is 7.39. The number of piperidine rings is 1. The molecule has 100 valence electrons. The van der Waals surface area contributed by atoms with Crippen LogP contribution in [0.1, 0.15) is 18.4 Å². The monoisotopic (exact) mass is 272 g/mol. The molecule has 2 unspecified atom stereocenters. The fourth-order valence-electron chi connectivity index (χ4n) is 3.73. The normalized spacial score (nSPS) is 27.8. The Morgan fingerprint density at radius 3 is 3.21 bits per heavy atom. The summed E-state index contributed by atoms with van der Waals surface area (Å²) in [6.07, 6.45) is 2.78. The Labute approximate surface area is 118 Å². The zero-order valence-corrected chi connectivity index (χ0v) is 12.0. The van der Waals surface area contributed by atoms with Gasteiger partial charge >= 0.3 is 0 Å². The molecule has 0 aliphatic carbocycles. The maximum absolute atomic E-state index is 3.57. The van der Waals surface area contributed by atoms with Crippen molar-refractivity contribution in [3.63, 3.8) is 0 Å². The molecule has 2 aromatic rings. The molecule has 0 radical (unpaired) electrons. The molecule has 2 atom stereocenters. The SMILES string of the molecule is c1ccc2c(CN3CCCC4CNCC43)csc2c1. The summed E-state index contributed by atoms with van der Waals surface area (Å²) in [7, 11) is 0. The topological polar surface area (TPSA) is 15.3 Å². The van der Waals surface area contributed by atoms with Crippen molar-refractivity contribution in [3.8, 4) is 0 Å². The molecule has 2 nitrogen and oxygen atoms in total. The second-order valence-electron chi connectivity index (χ2n) is 5.86. The predicted octanol–water partition coefficient (Wildman–Crippen LogP) is 3.09. The Balaban J connectivity index is 1.60. The Bertz CT molecular complexity index is 577. The van der Waals surface area contributed by atoms with Gasteiger partial charge in [-0.2, -0.15) is 0 Å². The van der Waals surface area contributed by atoms with Gasteiger partial charge in [-0.3, -0.25) is 4.90 Å². The van der Waals surface area contributed by atoms with Gasteiger partial charge in [0, 0.05) is 23.8 Å². The lowest BCUT2D eigenvalue weighted by atomic mass is 9.91. The minimum absolute atomic E-state index is 0.771. The highest BCUT2D eigenvalue weighted by Crippen LogP contribution is 2.31. The third-order valence-corrected chi connectivity index (χ3v) is 5.74. The molecule has 2 aliphatic rings. The van der Waals surface area contributed by atoms with Crippen LogP contribution in [0.2, 0.25) is 0 Å². The molecule has 2 saturated heterocycles. The first-order valence-electron chi connectivity index (χ1n) is 7.32. The van der Waals surface area contributed by atoms with E-state index in [1.54, 1.807) is 0 Å². The largest absolute Gasteiger partial charge is 0.315 e. The Hall–Kier alpha value is -0.900. The molecule has 1 aromatic heterocycles. The molecule has 0 bridgehead atoms. The zero-order valence-electron chi connectivity index (χ0n) is 11.1. The zero-order chi connectivity index (χ0) is 12.7. The van der Waals surface area contributed by atoms with Crippen molar-refractivity contribution in [2.24, 2.45) is 5.92 Å². The standard InChI is InChI=1S/C16H20N2S/c1-2-6-16-14(5-1)13(11-19-16)10-18-7-3-4-12-8-17-9-15(12)18/h1-2,5-6,11-12,15,17H,3-4,7-10H2. The number of thiophene rings is 1. The van der Waals surface area contributed by atoms with E-state index in [2.05, 4.69) is 39.9 Å². The number of nitrogens with zero attached hydrogens (tertiary/aromatic N) is 1. The highest BCUT2D eigenvalue weighted by Gasteiger charge is 2.34. The summed E-state index contributed by atoms with van der Waals surface area (Å²) in [5.41, 5.74) is 1.52. The molecular formula is C16H20N2S. The fourth-order valence-corrected chi connectivity index (χ4v) is 4.69. The molecule has 19 heavy (non-hydrogen) atoms. The van der Waals surface area contributed by atoms with E-state index in [0.717, 1.165) is 18.5 Å². The second kappa shape index (κ2) is 4.89. The van der Waals surface area contributed by atoms with E-state index >= 15 is 0 Å². The minimum Gasteiger partial charge on any atom is -0.315 e. The lowest BCUT2D eigenvalue weighted by Gasteiger charge is -2.37. The van der Waals surface area contributed by atoms with E-state index in [1.165, 1.54) is 48.1 Å². The Morgan fingerprint density at radius 2 is 2.21 bits per heavy atom. The fraction of sp³-hybridized carbons (Fsp3) is 0.500. The molecule has 2 fully saturated rings. The van der Waals surface area contributed by atoms with Crippen LogP contribution in [0.4, 0.5) is 0 Å². The molecule has 0 amide bonds. The van der Waals surface area contributed by atoms with Crippen LogP contribution < -0.4 is 5.32 Å².